The molecular formula is C30H25N5O2. The van der Waals surface area contributed by atoms with Gasteiger partial charge in [-0.05, 0) is 29.8 Å². The maximum absolute atomic E-state index is 13.5. The smallest absolute Gasteiger partial charge is 0.258 e. The minimum absolute atomic E-state index is 0.155. The van der Waals surface area contributed by atoms with Crippen molar-refractivity contribution in [2.45, 2.75) is 26.1 Å². The van der Waals surface area contributed by atoms with Gasteiger partial charge in [0.25, 0.3) is 5.56 Å². The molecule has 5 rings (SSSR count). The fraction of sp³-hybridized carbons (Fsp3) is 0.133. The van der Waals surface area contributed by atoms with E-state index in [1.807, 2.05) is 77.5 Å². The Kier molecular flexibility index (Phi) is 6.91. The van der Waals surface area contributed by atoms with Gasteiger partial charge in [0.1, 0.15) is 5.82 Å². The highest BCUT2D eigenvalue weighted by atomic mass is 16.2. The quantitative estimate of drug-likeness (QED) is 0.311. The van der Waals surface area contributed by atoms with E-state index in [1.54, 1.807) is 29.2 Å². The van der Waals surface area contributed by atoms with E-state index < -0.39 is 0 Å². The van der Waals surface area contributed by atoms with Crippen LogP contribution in [0.3, 0.4) is 0 Å². The largest absolute Gasteiger partial charge is 0.346 e. The Hall–Kier alpha value is -4.96. The predicted octanol–water partition coefficient (Wildman–Crippen LogP) is 5.03. The molecule has 0 unspecified atom stereocenters. The van der Waals surface area contributed by atoms with Gasteiger partial charge in [-0.3, -0.25) is 9.59 Å². The Bertz CT molecular complexity index is 1690. The highest BCUT2D eigenvalue weighted by Gasteiger charge is 2.15. The van der Waals surface area contributed by atoms with Crippen LogP contribution in [-0.4, -0.2) is 25.3 Å². The zero-order chi connectivity index (χ0) is 25.6. The lowest BCUT2D eigenvalue weighted by Crippen LogP contribution is -2.30. The van der Waals surface area contributed by atoms with Crippen molar-refractivity contribution < 1.29 is 4.79 Å². The second kappa shape index (κ2) is 10.8. The van der Waals surface area contributed by atoms with E-state index in [0.29, 0.717) is 36.2 Å². The van der Waals surface area contributed by atoms with Gasteiger partial charge in [-0.2, -0.15) is 5.26 Å². The van der Waals surface area contributed by atoms with Gasteiger partial charge in [0.15, 0.2) is 0 Å². The number of para-hydroxylation sites is 2. The Balaban J connectivity index is 1.45. The summed E-state index contributed by atoms with van der Waals surface area (Å²) in [5.74, 6) is 0.225. The summed E-state index contributed by atoms with van der Waals surface area (Å²) in [6.45, 7) is 1.10. The number of rotatable bonds is 8. The number of aryl methyl sites for hydroxylation is 1. The van der Waals surface area contributed by atoms with Crippen molar-refractivity contribution in [3.05, 3.63) is 118 Å². The van der Waals surface area contributed by atoms with E-state index in [9.17, 15) is 9.59 Å². The van der Waals surface area contributed by atoms with Crippen LogP contribution in [0.4, 0.5) is 0 Å². The summed E-state index contributed by atoms with van der Waals surface area (Å²) in [5.41, 5.74) is 3.26. The summed E-state index contributed by atoms with van der Waals surface area (Å²) < 4.78 is 2.04. The number of carbonyl (C=O) groups excluding carboxylic acids is 1. The first-order chi connectivity index (χ1) is 18.1. The second-order valence-electron chi connectivity index (χ2n) is 8.75. The highest BCUT2D eigenvalue weighted by molar-refractivity contribution is 5.96. The van der Waals surface area contributed by atoms with Gasteiger partial charge >= 0.3 is 0 Å². The van der Waals surface area contributed by atoms with Crippen molar-refractivity contribution in [1.29, 1.82) is 5.26 Å². The number of carbonyl (C=O) groups is 1. The number of nitriles is 1. The fourth-order valence-corrected chi connectivity index (χ4v) is 4.44. The molecule has 7 heteroatoms. The van der Waals surface area contributed by atoms with E-state index in [0.717, 1.165) is 22.0 Å². The summed E-state index contributed by atoms with van der Waals surface area (Å²) in [7, 11) is 0. The maximum atomic E-state index is 13.5. The molecule has 0 spiro atoms. The van der Waals surface area contributed by atoms with Gasteiger partial charge in [-0.25, -0.2) is 4.98 Å². The van der Waals surface area contributed by atoms with E-state index in [4.69, 9.17) is 5.26 Å². The van der Waals surface area contributed by atoms with Crippen LogP contribution in [0.2, 0.25) is 0 Å². The SMILES string of the molecule is N#CCCn1cc(/C=C/C(=O)N(Cc2ccccc2)Cc2nc3ccccc3c(=O)[nH]2)c2ccccc21. The average Bonchev–Trinajstić information content (AvgIpc) is 3.28. The number of benzene rings is 3. The molecule has 0 aliphatic rings. The molecule has 0 saturated carbocycles. The Morgan fingerprint density at radius 1 is 0.973 bits per heavy atom. The topological polar surface area (TPSA) is 94.8 Å². The standard InChI is InChI=1S/C30H25N5O2/c31-17-8-18-34-20-23(24-11-5-7-14-27(24)34)15-16-29(36)35(19-22-9-2-1-3-10-22)21-28-32-26-13-6-4-12-25(26)30(37)33-28/h1-7,9-16,20H,8,18-19,21H2,(H,32,33,37)/b16-15+. The number of aromatic nitrogens is 3. The third-order valence-electron chi connectivity index (χ3n) is 6.22. The highest BCUT2D eigenvalue weighted by Crippen LogP contribution is 2.23. The van der Waals surface area contributed by atoms with Gasteiger partial charge in [-0.15, -0.1) is 0 Å². The molecule has 1 amide bonds. The Morgan fingerprint density at radius 3 is 2.51 bits per heavy atom. The molecular weight excluding hydrogens is 462 g/mol. The minimum Gasteiger partial charge on any atom is -0.346 e. The molecule has 0 fully saturated rings. The average molecular weight is 488 g/mol. The van der Waals surface area contributed by atoms with Crippen molar-refractivity contribution in [2.24, 2.45) is 0 Å². The molecule has 5 aromatic rings. The molecule has 0 radical (unpaired) electrons. The Morgan fingerprint density at radius 2 is 1.70 bits per heavy atom. The van der Waals surface area contributed by atoms with Crippen molar-refractivity contribution in [3.8, 4) is 6.07 Å². The lowest BCUT2D eigenvalue weighted by atomic mass is 10.1. The zero-order valence-corrected chi connectivity index (χ0v) is 20.2. The van der Waals surface area contributed by atoms with Crippen molar-refractivity contribution in [3.63, 3.8) is 0 Å². The van der Waals surface area contributed by atoms with Gasteiger partial charge in [0.05, 0.1) is 29.9 Å². The zero-order valence-electron chi connectivity index (χ0n) is 20.2. The van der Waals surface area contributed by atoms with Crippen molar-refractivity contribution >= 4 is 33.8 Å². The van der Waals surface area contributed by atoms with Crippen LogP contribution in [0.1, 0.15) is 23.4 Å². The molecule has 7 nitrogen and oxygen atoms in total. The van der Waals surface area contributed by atoms with Crippen molar-refractivity contribution in [1.82, 2.24) is 19.4 Å². The number of hydrogen-bond acceptors (Lipinski definition) is 4. The van der Waals surface area contributed by atoms with Crippen LogP contribution in [0.25, 0.3) is 27.9 Å². The number of hydrogen-bond donors (Lipinski definition) is 1. The van der Waals surface area contributed by atoms with Gasteiger partial charge in [-0.1, -0.05) is 60.7 Å². The maximum Gasteiger partial charge on any atom is 0.258 e. The third-order valence-corrected chi connectivity index (χ3v) is 6.22. The monoisotopic (exact) mass is 487 g/mol. The van der Waals surface area contributed by atoms with Gasteiger partial charge < -0.3 is 14.5 Å². The van der Waals surface area contributed by atoms with Gasteiger partial charge in [0.2, 0.25) is 5.91 Å². The first kappa shape index (κ1) is 23.8. The van der Waals surface area contributed by atoms with Crippen LogP contribution in [0.15, 0.2) is 95.9 Å². The van der Waals surface area contributed by atoms with E-state index in [2.05, 4.69) is 16.0 Å². The number of nitrogens with zero attached hydrogens (tertiary/aromatic N) is 4. The fourth-order valence-electron chi connectivity index (χ4n) is 4.44. The van der Waals surface area contributed by atoms with Crippen LogP contribution in [0, 0.1) is 11.3 Å². The summed E-state index contributed by atoms with van der Waals surface area (Å²) in [6.07, 6.45) is 5.73. The third kappa shape index (κ3) is 5.34. The molecule has 3 aromatic carbocycles. The van der Waals surface area contributed by atoms with Crippen LogP contribution < -0.4 is 5.56 Å². The molecule has 0 aliphatic heterocycles. The molecule has 2 aromatic heterocycles. The van der Waals surface area contributed by atoms with Crippen LogP contribution in [0.5, 0.6) is 0 Å². The normalized spacial score (nSPS) is 11.2. The van der Waals surface area contributed by atoms with Crippen LogP contribution in [-0.2, 0) is 24.4 Å². The minimum atomic E-state index is -0.228. The molecule has 1 N–H and O–H groups in total. The molecule has 0 atom stereocenters. The first-order valence-electron chi connectivity index (χ1n) is 12.1. The number of H-pyrrole nitrogens is 1. The molecule has 0 saturated heterocycles. The predicted molar refractivity (Wildman–Crippen MR) is 144 cm³/mol. The summed E-state index contributed by atoms with van der Waals surface area (Å²) in [5, 5.41) is 10.5. The molecule has 2 heterocycles. The summed E-state index contributed by atoms with van der Waals surface area (Å²) in [4.78, 5) is 35.1. The number of nitrogens with one attached hydrogen (secondary N) is 1. The van der Waals surface area contributed by atoms with Crippen LogP contribution >= 0.6 is 0 Å². The van der Waals surface area contributed by atoms with E-state index >= 15 is 0 Å². The molecule has 0 aliphatic carbocycles. The van der Waals surface area contributed by atoms with E-state index in [1.165, 1.54) is 0 Å². The molecule has 37 heavy (non-hydrogen) atoms. The lowest BCUT2D eigenvalue weighted by Gasteiger charge is -2.21. The van der Waals surface area contributed by atoms with Gasteiger partial charge in [0, 0.05) is 41.8 Å². The summed E-state index contributed by atoms with van der Waals surface area (Å²) in [6, 6.07) is 27.0. The lowest BCUT2D eigenvalue weighted by molar-refractivity contribution is -0.127. The Labute approximate surface area is 213 Å². The number of fused-ring (bicyclic) bond motifs is 2. The molecule has 182 valence electrons. The summed E-state index contributed by atoms with van der Waals surface area (Å²) >= 11 is 0. The van der Waals surface area contributed by atoms with Crippen molar-refractivity contribution in [2.75, 3.05) is 0 Å². The second-order valence-corrected chi connectivity index (χ2v) is 8.75. The van der Waals surface area contributed by atoms with E-state index in [-0.39, 0.29) is 18.0 Å². The number of amides is 1. The molecule has 0 bridgehead atoms. The first-order valence-corrected chi connectivity index (χ1v) is 12.1. The number of aromatic amines is 1.